The fraction of sp³-hybridized carbons (Fsp3) is 0.588. The van der Waals surface area contributed by atoms with Crippen LogP contribution in [0, 0.1) is 13.8 Å². The second kappa shape index (κ2) is 5.57. The number of piperidine rings is 1. The highest BCUT2D eigenvalue weighted by molar-refractivity contribution is 5.95. The van der Waals surface area contributed by atoms with Crippen molar-refractivity contribution in [3.8, 4) is 0 Å². The van der Waals surface area contributed by atoms with E-state index in [0.29, 0.717) is 6.04 Å². The lowest BCUT2D eigenvalue weighted by atomic mass is 10.0. The third-order valence-corrected chi connectivity index (χ3v) is 4.55. The highest BCUT2D eigenvalue weighted by Crippen LogP contribution is 2.29. The van der Waals surface area contributed by atoms with Gasteiger partial charge in [0, 0.05) is 30.7 Å². The lowest BCUT2D eigenvalue weighted by molar-refractivity contribution is 0.0908. The SMILES string of the molecule is Cc1ccc(C(=O)NC2CCN(C3CC3)CC2)c(C)c1. The average Bonchev–Trinajstić information content (AvgIpc) is 3.23. The minimum Gasteiger partial charge on any atom is -0.349 e. The van der Waals surface area contributed by atoms with Crippen LogP contribution in [0.25, 0.3) is 0 Å². The number of nitrogens with one attached hydrogen (secondary N) is 1. The van der Waals surface area contributed by atoms with Crippen LogP contribution in [0.3, 0.4) is 0 Å². The molecule has 1 N–H and O–H groups in total. The first-order valence-corrected chi connectivity index (χ1v) is 7.75. The van der Waals surface area contributed by atoms with Gasteiger partial charge in [0.1, 0.15) is 0 Å². The van der Waals surface area contributed by atoms with Crippen LogP contribution in [-0.2, 0) is 0 Å². The Hall–Kier alpha value is -1.35. The summed E-state index contributed by atoms with van der Waals surface area (Å²) in [6, 6.07) is 7.23. The quantitative estimate of drug-likeness (QED) is 0.917. The predicted octanol–water partition coefficient (Wildman–Crippen LogP) is 2.66. The summed E-state index contributed by atoms with van der Waals surface area (Å²) in [7, 11) is 0. The van der Waals surface area contributed by atoms with Crippen LogP contribution in [-0.4, -0.2) is 36.0 Å². The molecule has 1 aliphatic heterocycles. The molecule has 20 heavy (non-hydrogen) atoms. The monoisotopic (exact) mass is 272 g/mol. The standard InChI is InChI=1S/C17H24N2O/c1-12-3-6-16(13(2)11-12)17(20)18-14-7-9-19(10-8-14)15-4-5-15/h3,6,11,14-15H,4-5,7-10H2,1-2H3,(H,18,20). The molecule has 1 saturated carbocycles. The van der Waals surface area contributed by atoms with Gasteiger partial charge in [0.25, 0.3) is 5.91 Å². The van der Waals surface area contributed by atoms with Gasteiger partial charge in [-0.1, -0.05) is 17.7 Å². The Labute approximate surface area is 121 Å². The molecule has 3 rings (SSSR count). The van der Waals surface area contributed by atoms with Crippen molar-refractivity contribution in [2.45, 2.75) is 51.6 Å². The number of rotatable bonds is 3. The van der Waals surface area contributed by atoms with Crippen molar-refractivity contribution < 1.29 is 4.79 Å². The molecule has 2 fully saturated rings. The maximum Gasteiger partial charge on any atom is 0.251 e. The van der Waals surface area contributed by atoms with Crippen molar-refractivity contribution in [2.24, 2.45) is 0 Å². The van der Waals surface area contributed by atoms with Crippen LogP contribution < -0.4 is 5.32 Å². The van der Waals surface area contributed by atoms with E-state index in [1.54, 1.807) is 0 Å². The number of hydrogen-bond donors (Lipinski definition) is 1. The second-order valence-corrected chi connectivity index (χ2v) is 6.33. The molecule has 1 saturated heterocycles. The number of hydrogen-bond acceptors (Lipinski definition) is 2. The van der Waals surface area contributed by atoms with Crippen molar-refractivity contribution in [3.63, 3.8) is 0 Å². The molecule has 0 radical (unpaired) electrons. The summed E-state index contributed by atoms with van der Waals surface area (Å²) in [6.45, 7) is 6.35. The van der Waals surface area contributed by atoms with E-state index >= 15 is 0 Å². The van der Waals surface area contributed by atoms with Gasteiger partial charge < -0.3 is 10.2 Å². The van der Waals surface area contributed by atoms with Crippen LogP contribution in [0.15, 0.2) is 18.2 Å². The van der Waals surface area contributed by atoms with E-state index < -0.39 is 0 Å². The van der Waals surface area contributed by atoms with E-state index in [1.165, 1.54) is 18.4 Å². The largest absolute Gasteiger partial charge is 0.349 e. The Balaban J connectivity index is 1.56. The van der Waals surface area contributed by atoms with Gasteiger partial charge in [-0.25, -0.2) is 0 Å². The fourth-order valence-electron chi connectivity index (χ4n) is 3.18. The Morgan fingerprint density at radius 1 is 1.15 bits per heavy atom. The first-order chi connectivity index (χ1) is 9.63. The van der Waals surface area contributed by atoms with E-state index in [0.717, 1.165) is 43.1 Å². The molecule has 1 aliphatic carbocycles. The zero-order valence-corrected chi connectivity index (χ0v) is 12.5. The number of carbonyl (C=O) groups excluding carboxylic acids is 1. The van der Waals surface area contributed by atoms with Gasteiger partial charge in [-0.2, -0.15) is 0 Å². The maximum atomic E-state index is 12.3. The summed E-state index contributed by atoms with van der Waals surface area (Å²) in [5.41, 5.74) is 3.09. The molecule has 0 spiro atoms. The molecule has 0 bridgehead atoms. The molecule has 0 unspecified atom stereocenters. The van der Waals surface area contributed by atoms with Crippen molar-refractivity contribution >= 4 is 5.91 Å². The van der Waals surface area contributed by atoms with E-state index in [-0.39, 0.29) is 5.91 Å². The maximum absolute atomic E-state index is 12.3. The predicted molar refractivity (Wildman–Crippen MR) is 81.0 cm³/mol. The normalized spacial score (nSPS) is 20.9. The molecule has 2 aliphatic rings. The Bertz CT molecular complexity index is 500. The highest BCUT2D eigenvalue weighted by atomic mass is 16.1. The van der Waals surface area contributed by atoms with E-state index in [9.17, 15) is 4.79 Å². The molecular weight excluding hydrogens is 248 g/mol. The van der Waals surface area contributed by atoms with Crippen LogP contribution in [0.5, 0.6) is 0 Å². The number of nitrogens with zero attached hydrogens (tertiary/aromatic N) is 1. The summed E-state index contributed by atoms with van der Waals surface area (Å²) >= 11 is 0. The fourth-order valence-corrected chi connectivity index (χ4v) is 3.18. The van der Waals surface area contributed by atoms with Crippen LogP contribution >= 0.6 is 0 Å². The third-order valence-electron chi connectivity index (χ3n) is 4.55. The third kappa shape index (κ3) is 3.04. The molecular formula is C17H24N2O. The van der Waals surface area contributed by atoms with Crippen molar-refractivity contribution in [2.75, 3.05) is 13.1 Å². The molecule has 0 aromatic heterocycles. The van der Waals surface area contributed by atoms with Gasteiger partial charge in [0.2, 0.25) is 0 Å². The van der Waals surface area contributed by atoms with Gasteiger partial charge in [0.15, 0.2) is 0 Å². The second-order valence-electron chi connectivity index (χ2n) is 6.33. The molecule has 1 aromatic carbocycles. The first-order valence-electron chi connectivity index (χ1n) is 7.75. The number of likely N-dealkylation sites (tertiary alicyclic amines) is 1. The lowest BCUT2D eigenvalue weighted by Crippen LogP contribution is -2.45. The van der Waals surface area contributed by atoms with Gasteiger partial charge in [-0.3, -0.25) is 4.79 Å². The number of carbonyl (C=O) groups is 1. The van der Waals surface area contributed by atoms with Gasteiger partial charge in [-0.15, -0.1) is 0 Å². The van der Waals surface area contributed by atoms with E-state index in [1.807, 2.05) is 19.1 Å². The van der Waals surface area contributed by atoms with E-state index in [4.69, 9.17) is 0 Å². The Kier molecular flexibility index (Phi) is 3.79. The smallest absolute Gasteiger partial charge is 0.251 e. The molecule has 1 amide bonds. The molecule has 108 valence electrons. The summed E-state index contributed by atoms with van der Waals surface area (Å²) in [6.07, 6.45) is 4.93. The zero-order chi connectivity index (χ0) is 14.1. The van der Waals surface area contributed by atoms with Gasteiger partial charge in [-0.05, 0) is 51.2 Å². The van der Waals surface area contributed by atoms with Gasteiger partial charge >= 0.3 is 0 Å². The average molecular weight is 272 g/mol. The van der Waals surface area contributed by atoms with Crippen LogP contribution in [0.4, 0.5) is 0 Å². The molecule has 3 nitrogen and oxygen atoms in total. The minimum absolute atomic E-state index is 0.0902. The molecule has 3 heteroatoms. The van der Waals surface area contributed by atoms with Crippen molar-refractivity contribution in [1.82, 2.24) is 10.2 Å². The van der Waals surface area contributed by atoms with Gasteiger partial charge in [0.05, 0.1) is 0 Å². The number of amides is 1. The Morgan fingerprint density at radius 3 is 2.45 bits per heavy atom. The van der Waals surface area contributed by atoms with E-state index in [2.05, 4.69) is 23.2 Å². The molecule has 0 atom stereocenters. The minimum atomic E-state index is 0.0902. The van der Waals surface area contributed by atoms with Crippen molar-refractivity contribution in [3.05, 3.63) is 34.9 Å². The van der Waals surface area contributed by atoms with Crippen LogP contribution in [0.2, 0.25) is 0 Å². The topological polar surface area (TPSA) is 32.3 Å². The van der Waals surface area contributed by atoms with Crippen molar-refractivity contribution in [1.29, 1.82) is 0 Å². The van der Waals surface area contributed by atoms with Crippen LogP contribution in [0.1, 0.15) is 47.2 Å². The summed E-state index contributed by atoms with van der Waals surface area (Å²) in [4.78, 5) is 14.9. The number of aryl methyl sites for hydroxylation is 2. The number of benzene rings is 1. The summed E-state index contributed by atoms with van der Waals surface area (Å²) in [5.74, 6) is 0.0902. The molecule has 1 aromatic rings. The lowest BCUT2D eigenvalue weighted by Gasteiger charge is -2.32. The first kappa shape index (κ1) is 13.6. The highest BCUT2D eigenvalue weighted by Gasteiger charge is 2.32. The zero-order valence-electron chi connectivity index (χ0n) is 12.5. The summed E-state index contributed by atoms with van der Waals surface area (Å²) < 4.78 is 0. The summed E-state index contributed by atoms with van der Waals surface area (Å²) in [5, 5.41) is 3.21. The Morgan fingerprint density at radius 2 is 1.85 bits per heavy atom. The molecule has 1 heterocycles.